The largest absolute Gasteiger partial charge is 0.481 e. The van der Waals surface area contributed by atoms with E-state index in [9.17, 15) is 9.59 Å². The Bertz CT molecular complexity index is 633. The molecular weight excluding hydrogens is 292 g/mol. The van der Waals surface area contributed by atoms with Crippen molar-refractivity contribution in [3.05, 3.63) is 29.0 Å². The summed E-state index contributed by atoms with van der Waals surface area (Å²) in [6.45, 7) is 3.73. The van der Waals surface area contributed by atoms with E-state index >= 15 is 0 Å². The van der Waals surface area contributed by atoms with Crippen molar-refractivity contribution in [1.82, 2.24) is 10.3 Å². The topological polar surface area (TPSA) is 92.4 Å². The molecule has 2 rings (SSSR count). The molecule has 0 aromatic carbocycles. The second-order valence-electron chi connectivity index (χ2n) is 4.68. The SMILES string of the molecule is Cc1sc(-c2ccco2)nc1C(=O)NCCC(C)C(=O)O. The fraction of sp³-hybridized carbons (Fsp3) is 0.357. The van der Waals surface area contributed by atoms with Crippen molar-refractivity contribution in [2.45, 2.75) is 20.3 Å². The predicted molar refractivity (Wildman–Crippen MR) is 78.3 cm³/mol. The van der Waals surface area contributed by atoms with Gasteiger partial charge < -0.3 is 14.8 Å². The number of amides is 1. The molecule has 2 heterocycles. The van der Waals surface area contributed by atoms with Gasteiger partial charge in [-0.1, -0.05) is 6.92 Å². The zero-order valence-electron chi connectivity index (χ0n) is 11.8. The number of nitrogens with one attached hydrogen (secondary N) is 1. The van der Waals surface area contributed by atoms with Crippen LogP contribution in [0.3, 0.4) is 0 Å². The van der Waals surface area contributed by atoms with Crippen molar-refractivity contribution < 1.29 is 19.1 Å². The van der Waals surface area contributed by atoms with Gasteiger partial charge in [-0.05, 0) is 25.5 Å². The van der Waals surface area contributed by atoms with Crippen LogP contribution in [0.4, 0.5) is 0 Å². The molecule has 21 heavy (non-hydrogen) atoms. The number of aryl methyl sites for hydroxylation is 1. The summed E-state index contributed by atoms with van der Waals surface area (Å²) in [7, 11) is 0. The molecule has 1 atom stereocenters. The molecule has 0 aliphatic rings. The number of nitrogens with zero attached hydrogens (tertiary/aromatic N) is 1. The van der Waals surface area contributed by atoms with Crippen molar-refractivity contribution in [3.8, 4) is 10.8 Å². The van der Waals surface area contributed by atoms with Gasteiger partial charge in [-0.25, -0.2) is 4.98 Å². The Kier molecular flexibility index (Phi) is 4.74. The molecule has 0 aliphatic heterocycles. The van der Waals surface area contributed by atoms with E-state index < -0.39 is 11.9 Å². The fourth-order valence-corrected chi connectivity index (χ4v) is 2.60. The lowest BCUT2D eigenvalue weighted by atomic mass is 10.1. The molecule has 0 saturated heterocycles. The Morgan fingerprint density at radius 1 is 1.52 bits per heavy atom. The molecule has 0 spiro atoms. The van der Waals surface area contributed by atoms with E-state index in [0.29, 0.717) is 29.4 Å². The van der Waals surface area contributed by atoms with Gasteiger partial charge in [0.05, 0.1) is 12.2 Å². The van der Waals surface area contributed by atoms with Crippen LogP contribution < -0.4 is 5.32 Å². The molecule has 0 fully saturated rings. The zero-order valence-corrected chi connectivity index (χ0v) is 12.6. The van der Waals surface area contributed by atoms with E-state index in [2.05, 4.69) is 10.3 Å². The number of thiazole rings is 1. The van der Waals surface area contributed by atoms with E-state index in [0.717, 1.165) is 4.88 Å². The van der Waals surface area contributed by atoms with Crippen LogP contribution in [-0.4, -0.2) is 28.5 Å². The summed E-state index contributed by atoms with van der Waals surface area (Å²) in [5.41, 5.74) is 0.356. The predicted octanol–water partition coefficient (Wildman–Crippen LogP) is 2.55. The number of aliphatic carboxylic acids is 1. The fourth-order valence-electron chi connectivity index (χ4n) is 1.72. The maximum Gasteiger partial charge on any atom is 0.306 e. The van der Waals surface area contributed by atoms with E-state index in [1.54, 1.807) is 25.3 Å². The standard InChI is InChI=1S/C14H16N2O4S/c1-8(14(18)19)5-6-15-12(17)11-9(2)21-13(16-11)10-4-3-7-20-10/h3-4,7-8H,5-6H2,1-2H3,(H,15,17)(H,18,19). The molecule has 0 saturated carbocycles. The summed E-state index contributed by atoms with van der Waals surface area (Å²) < 4.78 is 5.26. The molecule has 0 bridgehead atoms. The second kappa shape index (κ2) is 6.53. The molecule has 0 radical (unpaired) electrons. The van der Waals surface area contributed by atoms with Crippen LogP contribution in [0.5, 0.6) is 0 Å². The van der Waals surface area contributed by atoms with Crippen LogP contribution >= 0.6 is 11.3 Å². The lowest BCUT2D eigenvalue weighted by molar-refractivity contribution is -0.141. The van der Waals surface area contributed by atoms with E-state index in [1.807, 2.05) is 6.92 Å². The van der Waals surface area contributed by atoms with Crippen LogP contribution in [0, 0.1) is 12.8 Å². The van der Waals surface area contributed by atoms with Gasteiger partial charge in [-0.3, -0.25) is 9.59 Å². The van der Waals surface area contributed by atoms with Crippen molar-refractivity contribution >= 4 is 23.2 Å². The summed E-state index contributed by atoms with van der Waals surface area (Å²) >= 11 is 1.39. The number of rotatable bonds is 6. The highest BCUT2D eigenvalue weighted by Gasteiger charge is 2.18. The highest BCUT2D eigenvalue weighted by Crippen LogP contribution is 2.27. The lowest BCUT2D eigenvalue weighted by Gasteiger charge is -2.07. The van der Waals surface area contributed by atoms with Gasteiger partial charge >= 0.3 is 5.97 Å². The Hall–Kier alpha value is -2.15. The summed E-state index contributed by atoms with van der Waals surface area (Å²) in [4.78, 5) is 27.8. The molecule has 1 unspecified atom stereocenters. The molecular formula is C14H16N2O4S. The monoisotopic (exact) mass is 308 g/mol. The first-order valence-corrected chi connectivity index (χ1v) is 7.33. The number of carbonyl (C=O) groups is 2. The first-order valence-electron chi connectivity index (χ1n) is 6.51. The third kappa shape index (κ3) is 3.69. The number of carbonyl (C=O) groups excluding carboxylic acids is 1. The van der Waals surface area contributed by atoms with Gasteiger partial charge in [-0.15, -0.1) is 11.3 Å². The van der Waals surface area contributed by atoms with Crippen molar-refractivity contribution in [2.75, 3.05) is 6.54 Å². The van der Waals surface area contributed by atoms with Crippen LogP contribution in [0.2, 0.25) is 0 Å². The van der Waals surface area contributed by atoms with Crippen LogP contribution in [-0.2, 0) is 4.79 Å². The molecule has 112 valence electrons. The lowest BCUT2D eigenvalue weighted by Crippen LogP contribution is -2.27. The summed E-state index contributed by atoms with van der Waals surface area (Å²) in [5.74, 6) is -1.02. The molecule has 1 amide bonds. The van der Waals surface area contributed by atoms with Crippen molar-refractivity contribution in [1.29, 1.82) is 0 Å². The van der Waals surface area contributed by atoms with Gasteiger partial charge in [-0.2, -0.15) is 0 Å². The molecule has 2 N–H and O–H groups in total. The van der Waals surface area contributed by atoms with Gasteiger partial charge in [0, 0.05) is 11.4 Å². The van der Waals surface area contributed by atoms with Gasteiger partial charge in [0.15, 0.2) is 10.8 Å². The number of aromatic nitrogens is 1. The third-order valence-electron chi connectivity index (χ3n) is 3.03. The van der Waals surface area contributed by atoms with Crippen molar-refractivity contribution in [3.63, 3.8) is 0 Å². The van der Waals surface area contributed by atoms with E-state index in [-0.39, 0.29) is 5.91 Å². The Balaban J connectivity index is 1.98. The first-order chi connectivity index (χ1) is 9.99. The molecule has 6 nitrogen and oxygen atoms in total. The summed E-state index contributed by atoms with van der Waals surface area (Å²) in [5, 5.41) is 12.1. The molecule has 7 heteroatoms. The molecule has 2 aromatic heterocycles. The van der Waals surface area contributed by atoms with Gasteiger partial charge in [0.25, 0.3) is 5.91 Å². The quantitative estimate of drug-likeness (QED) is 0.855. The summed E-state index contributed by atoms with van der Waals surface area (Å²) in [6.07, 6.45) is 1.94. The van der Waals surface area contributed by atoms with Gasteiger partial charge in [0.1, 0.15) is 5.69 Å². The maximum absolute atomic E-state index is 12.1. The minimum absolute atomic E-state index is 0.292. The van der Waals surface area contributed by atoms with Crippen LogP contribution in [0.25, 0.3) is 10.8 Å². The number of hydrogen-bond acceptors (Lipinski definition) is 5. The smallest absolute Gasteiger partial charge is 0.306 e. The minimum Gasteiger partial charge on any atom is -0.481 e. The highest BCUT2D eigenvalue weighted by atomic mass is 32.1. The number of furan rings is 1. The molecule has 0 aliphatic carbocycles. The average molecular weight is 308 g/mol. The maximum atomic E-state index is 12.1. The van der Waals surface area contributed by atoms with Crippen molar-refractivity contribution in [2.24, 2.45) is 5.92 Å². The number of hydrogen-bond donors (Lipinski definition) is 2. The van der Waals surface area contributed by atoms with Crippen LogP contribution in [0.15, 0.2) is 22.8 Å². The normalized spacial score (nSPS) is 12.1. The average Bonchev–Trinajstić information content (AvgIpc) is 3.07. The highest BCUT2D eigenvalue weighted by molar-refractivity contribution is 7.15. The number of carboxylic acids is 1. The third-order valence-corrected chi connectivity index (χ3v) is 4.01. The van der Waals surface area contributed by atoms with E-state index in [4.69, 9.17) is 9.52 Å². The Morgan fingerprint density at radius 2 is 2.29 bits per heavy atom. The van der Waals surface area contributed by atoms with Crippen LogP contribution in [0.1, 0.15) is 28.7 Å². The Labute approximate surface area is 125 Å². The Morgan fingerprint density at radius 3 is 2.90 bits per heavy atom. The second-order valence-corrected chi connectivity index (χ2v) is 5.89. The summed E-state index contributed by atoms with van der Waals surface area (Å²) in [6, 6.07) is 3.55. The minimum atomic E-state index is -0.866. The molecule has 2 aromatic rings. The first kappa shape index (κ1) is 15.2. The zero-order chi connectivity index (χ0) is 15.4. The number of carboxylic acid groups (broad SMARTS) is 1. The van der Waals surface area contributed by atoms with Gasteiger partial charge in [0.2, 0.25) is 0 Å². The van der Waals surface area contributed by atoms with E-state index in [1.165, 1.54) is 11.3 Å².